The quantitative estimate of drug-likeness (QED) is 0.670. The van der Waals surface area contributed by atoms with Gasteiger partial charge in [-0.2, -0.15) is 11.8 Å². The number of nitrogens with one attached hydrogen (secondary N) is 1. The van der Waals surface area contributed by atoms with E-state index in [-0.39, 0.29) is 6.10 Å². The molecular weight excluding hydrogens is 266 g/mol. The van der Waals surface area contributed by atoms with E-state index in [0.717, 1.165) is 5.75 Å². The third kappa shape index (κ3) is 6.67. The lowest BCUT2D eigenvalue weighted by atomic mass is 10.1. The minimum atomic E-state index is 0.229. The molecule has 1 aromatic rings. The summed E-state index contributed by atoms with van der Waals surface area (Å²) in [6.07, 6.45) is 1.45. The average molecular weight is 295 g/mol. The molecule has 0 saturated heterocycles. The Hall–Kier alpha value is -0.670. The Morgan fingerprint density at radius 2 is 1.75 bits per heavy atom. The van der Waals surface area contributed by atoms with Crippen molar-refractivity contribution in [2.75, 3.05) is 11.5 Å². The lowest BCUT2D eigenvalue weighted by molar-refractivity contribution is 0.242. The molecule has 0 radical (unpaired) electrons. The van der Waals surface area contributed by atoms with E-state index in [1.165, 1.54) is 23.5 Å². The highest BCUT2D eigenvalue weighted by atomic mass is 32.2. The minimum Gasteiger partial charge on any atom is -0.491 e. The summed E-state index contributed by atoms with van der Waals surface area (Å²) >= 11 is 2.01. The summed E-state index contributed by atoms with van der Waals surface area (Å²) in [5.74, 6) is 3.39. The maximum absolute atomic E-state index is 5.67. The molecule has 0 aliphatic heterocycles. The largest absolute Gasteiger partial charge is 0.491 e. The van der Waals surface area contributed by atoms with Crippen LogP contribution in [0.15, 0.2) is 24.3 Å². The van der Waals surface area contributed by atoms with E-state index in [2.05, 4.69) is 50.4 Å². The third-order valence-electron chi connectivity index (χ3n) is 3.19. The van der Waals surface area contributed by atoms with Crippen LogP contribution in [0.5, 0.6) is 5.75 Å². The van der Waals surface area contributed by atoms with Gasteiger partial charge in [-0.3, -0.25) is 0 Å². The molecule has 0 fully saturated rings. The smallest absolute Gasteiger partial charge is 0.119 e. The molecule has 2 unspecified atom stereocenters. The highest BCUT2D eigenvalue weighted by molar-refractivity contribution is 7.99. The zero-order valence-corrected chi connectivity index (χ0v) is 14.3. The number of benzene rings is 1. The van der Waals surface area contributed by atoms with E-state index in [0.29, 0.717) is 12.1 Å². The molecule has 0 aliphatic carbocycles. The highest BCUT2D eigenvalue weighted by Gasteiger charge is 2.09. The van der Waals surface area contributed by atoms with E-state index >= 15 is 0 Å². The van der Waals surface area contributed by atoms with Crippen LogP contribution in [0.25, 0.3) is 0 Å². The van der Waals surface area contributed by atoms with Crippen molar-refractivity contribution in [1.82, 2.24) is 5.32 Å². The van der Waals surface area contributed by atoms with E-state index < -0.39 is 0 Å². The first kappa shape index (κ1) is 17.4. The molecule has 0 heterocycles. The van der Waals surface area contributed by atoms with Gasteiger partial charge < -0.3 is 10.1 Å². The SMILES string of the molecule is CCSCCC(C)NC(C)c1ccc(OC(C)C)cc1. The Morgan fingerprint density at radius 3 is 2.30 bits per heavy atom. The molecule has 20 heavy (non-hydrogen) atoms. The van der Waals surface area contributed by atoms with Crippen LogP contribution in [0.4, 0.5) is 0 Å². The second-order valence-electron chi connectivity index (χ2n) is 5.51. The number of hydrogen-bond donors (Lipinski definition) is 1. The van der Waals surface area contributed by atoms with E-state index in [9.17, 15) is 0 Å². The fraction of sp³-hybridized carbons (Fsp3) is 0.647. The molecule has 0 aliphatic rings. The minimum absolute atomic E-state index is 0.229. The second kappa shape index (κ2) is 9.30. The van der Waals surface area contributed by atoms with E-state index in [1.807, 2.05) is 25.6 Å². The van der Waals surface area contributed by atoms with Crippen LogP contribution in [-0.2, 0) is 0 Å². The molecule has 0 saturated carbocycles. The molecule has 2 atom stereocenters. The van der Waals surface area contributed by atoms with Crippen LogP contribution in [-0.4, -0.2) is 23.7 Å². The molecule has 114 valence electrons. The summed E-state index contributed by atoms with van der Waals surface area (Å²) in [4.78, 5) is 0. The summed E-state index contributed by atoms with van der Waals surface area (Å²) in [5, 5.41) is 3.66. The maximum Gasteiger partial charge on any atom is 0.119 e. The van der Waals surface area contributed by atoms with Crippen molar-refractivity contribution in [2.24, 2.45) is 0 Å². The Balaban J connectivity index is 2.44. The monoisotopic (exact) mass is 295 g/mol. The second-order valence-corrected chi connectivity index (χ2v) is 6.90. The van der Waals surface area contributed by atoms with Gasteiger partial charge in [-0.25, -0.2) is 0 Å². The normalized spacial score (nSPS) is 14.3. The summed E-state index contributed by atoms with van der Waals surface area (Å²) in [5.41, 5.74) is 1.32. The number of thioether (sulfide) groups is 1. The summed E-state index contributed by atoms with van der Waals surface area (Å²) in [6, 6.07) is 9.36. The molecule has 1 aromatic carbocycles. The van der Waals surface area contributed by atoms with E-state index in [4.69, 9.17) is 4.74 Å². The van der Waals surface area contributed by atoms with Gasteiger partial charge in [0.1, 0.15) is 5.75 Å². The van der Waals surface area contributed by atoms with Crippen LogP contribution in [0.3, 0.4) is 0 Å². The van der Waals surface area contributed by atoms with Crippen molar-refractivity contribution >= 4 is 11.8 Å². The Kier molecular flexibility index (Phi) is 8.08. The van der Waals surface area contributed by atoms with Crippen LogP contribution in [0, 0.1) is 0 Å². The Bertz CT molecular complexity index is 364. The molecule has 0 bridgehead atoms. The van der Waals surface area contributed by atoms with Crippen molar-refractivity contribution in [3.05, 3.63) is 29.8 Å². The molecule has 2 nitrogen and oxygen atoms in total. The van der Waals surface area contributed by atoms with Gasteiger partial charge in [0, 0.05) is 12.1 Å². The van der Waals surface area contributed by atoms with Gasteiger partial charge in [0.15, 0.2) is 0 Å². The van der Waals surface area contributed by atoms with Crippen molar-refractivity contribution in [3.63, 3.8) is 0 Å². The fourth-order valence-corrected chi connectivity index (χ4v) is 2.93. The first-order valence-electron chi connectivity index (χ1n) is 7.63. The number of hydrogen-bond acceptors (Lipinski definition) is 3. The number of ether oxygens (including phenoxy) is 1. The standard InChI is InChI=1S/C17H29NOS/c1-6-20-12-11-14(4)18-15(5)16-7-9-17(10-8-16)19-13(2)3/h7-10,13-15,18H,6,11-12H2,1-5H3. The van der Waals surface area contributed by atoms with Gasteiger partial charge in [0.25, 0.3) is 0 Å². The summed E-state index contributed by atoms with van der Waals surface area (Å²) in [7, 11) is 0. The van der Waals surface area contributed by atoms with Crippen molar-refractivity contribution in [3.8, 4) is 5.75 Å². The van der Waals surface area contributed by atoms with Gasteiger partial charge in [-0.15, -0.1) is 0 Å². The van der Waals surface area contributed by atoms with Gasteiger partial charge in [-0.05, 0) is 63.3 Å². The zero-order chi connectivity index (χ0) is 15.0. The topological polar surface area (TPSA) is 21.3 Å². The molecule has 1 N–H and O–H groups in total. The van der Waals surface area contributed by atoms with Gasteiger partial charge in [0.2, 0.25) is 0 Å². The van der Waals surface area contributed by atoms with Crippen LogP contribution < -0.4 is 10.1 Å². The summed E-state index contributed by atoms with van der Waals surface area (Å²) < 4.78 is 5.67. The number of rotatable bonds is 9. The van der Waals surface area contributed by atoms with Gasteiger partial charge >= 0.3 is 0 Å². The predicted molar refractivity (Wildman–Crippen MR) is 90.8 cm³/mol. The maximum atomic E-state index is 5.67. The lowest BCUT2D eigenvalue weighted by Crippen LogP contribution is -2.29. The van der Waals surface area contributed by atoms with Crippen LogP contribution in [0.1, 0.15) is 52.6 Å². The first-order chi connectivity index (χ1) is 9.52. The molecular formula is C17H29NOS. The van der Waals surface area contributed by atoms with Crippen molar-refractivity contribution in [2.45, 2.75) is 59.2 Å². The van der Waals surface area contributed by atoms with Crippen LogP contribution >= 0.6 is 11.8 Å². The van der Waals surface area contributed by atoms with Gasteiger partial charge in [-0.1, -0.05) is 19.1 Å². The average Bonchev–Trinajstić information content (AvgIpc) is 2.39. The Morgan fingerprint density at radius 1 is 1.10 bits per heavy atom. The van der Waals surface area contributed by atoms with Crippen molar-refractivity contribution < 1.29 is 4.74 Å². The van der Waals surface area contributed by atoms with Gasteiger partial charge in [0.05, 0.1) is 6.10 Å². The predicted octanol–water partition coefficient (Wildman–Crippen LogP) is 4.66. The molecule has 0 spiro atoms. The van der Waals surface area contributed by atoms with E-state index in [1.54, 1.807) is 0 Å². The zero-order valence-electron chi connectivity index (χ0n) is 13.5. The summed E-state index contributed by atoms with van der Waals surface area (Å²) in [6.45, 7) is 10.8. The molecule has 3 heteroatoms. The highest BCUT2D eigenvalue weighted by Crippen LogP contribution is 2.19. The molecule has 1 rings (SSSR count). The van der Waals surface area contributed by atoms with Crippen molar-refractivity contribution in [1.29, 1.82) is 0 Å². The Labute approximate surface area is 128 Å². The molecule has 0 amide bonds. The molecule has 0 aromatic heterocycles. The third-order valence-corrected chi connectivity index (χ3v) is 4.12. The van der Waals surface area contributed by atoms with Crippen LogP contribution in [0.2, 0.25) is 0 Å². The first-order valence-corrected chi connectivity index (χ1v) is 8.78. The lowest BCUT2D eigenvalue weighted by Gasteiger charge is -2.20. The fourth-order valence-electron chi connectivity index (χ4n) is 2.12.